The van der Waals surface area contributed by atoms with E-state index in [-0.39, 0.29) is 0 Å². The maximum atomic E-state index is 5.60. The molecule has 3 heteroatoms. The first-order valence-electron chi connectivity index (χ1n) is 7.00. The Kier molecular flexibility index (Phi) is 5.59. The van der Waals surface area contributed by atoms with E-state index in [9.17, 15) is 0 Å². The Hall–Kier alpha value is -0.120. The third-order valence-corrected chi connectivity index (χ3v) is 3.71. The van der Waals surface area contributed by atoms with Crippen LogP contribution in [-0.2, 0) is 4.74 Å². The fourth-order valence-corrected chi connectivity index (χ4v) is 2.70. The Balaban J connectivity index is 1.37. The van der Waals surface area contributed by atoms with Gasteiger partial charge in [0.1, 0.15) is 0 Å². The topological polar surface area (TPSA) is 24.5 Å². The molecule has 2 saturated heterocycles. The molecule has 2 heterocycles. The van der Waals surface area contributed by atoms with E-state index in [0.717, 1.165) is 19.7 Å². The monoisotopic (exact) mass is 226 g/mol. The Bertz CT molecular complexity index is 155. The molecule has 2 aliphatic rings. The summed E-state index contributed by atoms with van der Waals surface area (Å²) in [6.45, 7) is 7.18. The third kappa shape index (κ3) is 4.40. The van der Waals surface area contributed by atoms with Gasteiger partial charge in [0.2, 0.25) is 0 Å². The Morgan fingerprint density at radius 3 is 2.75 bits per heavy atom. The van der Waals surface area contributed by atoms with Crippen LogP contribution in [0.3, 0.4) is 0 Å². The van der Waals surface area contributed by atoms with E-state index in [1.807, 2.05) is 0 Å². The molecule has 16 heavy (non-hydrogen) atoms. The average Bonchev–Trinajstić information content (AvgIpc) is 2.96. The maximum Gasteiger partial charge on any atom is 0.0576 e. The van der Waals surface area contributed by atoms with Gasteiger partial charge in [-0.25, -0.2) is 0 Å². The predicted molar refractivity (Wildman–Crippen MR) is 66.8 cm³/mol. The standard InChI is InChI=1S/C13H26N2O/c1-2-10-15(9-1)11-8-14-7-3-5-13-6-4-12-16-13/h13-14H,1-12H2. The average molecular weight is 226 g/mol. The van der Waals surface area contributed by atoms with Crippen molar-refractivity contribution in [2.75, 3.05) is 39.3 Å². The van der Waals surface area contributed by atoms with Crippen LogP contribution in [0.1, 0.15) is 38.5 Å². The summed E-state index contributed by atoms with van der Waals surface area (Å²) in [5.74, 6) is 0. The summed E-state index contributed by atoms with van der Waals surface area (Å²) in [6.07, 6.45) is 8.45. The van der Waals surface area contributed by atoms with Crippen molar-refractivity contribution in [3.8, 4) is 0 Å². The molecule has 0 amide bonds. The largest absolute Gasteiger partial charge is 0.378 e. The van der Waals surface area contributed by atoms with E-state index in [2.05, 4.69) is 10.2 Å². The summed E-state index contributed by atoms with van der Waals surface area (Å²) in [7, 11) is 0. The van der Waals surface area contributed by atoms with E-state index in [1.165, 1.54) is 58.2 Å². The highest BCUT2D eigenvalue weighted by atomic mass is 16.5. The van der Waals surface area contributed by atoms with Crippen molar-refractivity contribution in [2.45, 2.75) is 44.6 Å². The van der Waals surface area contributed by atoms with Gasteiger partial charge in [0.05, 0.1) is 6.10 Å². The van der Waals surface area contributed by atoms with Crippen molar-refractivity contribution in [1.29, 1.82) is 0 Å². The highest BCUT2D eigenvalue weighted by molar-refractivity contribution is 4.68. The molecule has 3 nitrogen and oxygen atoms in total. The predicted octanol–water partition coefficient (Wildman–Crippen LogP) is 1.63. The van der Waals surface area contributed by atoms with Crippen LogP contribution in [0, 0.1) is 0 Å². The fraction of sp³-hybridized carbons (Fsp3) is 1.00. The minimum absolute atomic E-state index is 0.570. The quantitative estimate of drug-likeness (QED) is 0.668. The molecular formula is C13H26N2O. The molecule has 0 bridgehead atoms. The maximum absolute atomic E-state index is 5.60. The fourth-order valence-electron chi connectivity index (χ4n) is 2.70. The van der Waals surface area contributed by atoms with Gasteiger partial charge >= 0.3 is 0 Å². The summed E-state index contributed by atoms with van der Waals surface area (Å²) < 4.78 is 5.60. The highest BCUT2D eigenvalue weighted by Crippen LogP contribution is 2.16. The Morgan fingerprint density at radius 2 is 2.00 bits per heavy atom. The molecule has 0 aliphatic carbocycles. The zero-order chi connectivity index (χ0) is 11.1. The van der Waals surface area contributed by atoms with Crippen molar-refractivity contribution in [2.24, 2.45) is 0 Å². The molecule has 2 rings (SSSR count). The van der Waals surface area contributed by atoms with Gasteiger partial charge in [-0.05, 0) is 58.2 Å². The zero-order valence-electron chi connectivity index (χ0n) is 10.4. The second kappa shape index (κ2) is 7.25. The summed E-state index contributed by atoms with van der Waals surface area (Å²) in [4.78, 5) is 2.56. The minimum atomic E-state index is 0.570. The first-order chi connectivity index (χ1) is 7.95. The number of hydrogen-bond donors (Lipinski definition) is 1. The highest BCUT2D eigenvalue weighted by Gasteiger charge is 2.14. The van der Waals surface area contributed by atoms with Crippen LogP contribution in [0.4, 0.5) is 0 Å². The van der Waals surface area contributed by atoms with E-state index in [1.54, 1.807) is 0 Å². The second-order valence-corrected chi connectivity index (χ2v) is 5.08. The molecule has 94 valence electrons. The van der Waals surface area contributed by atoms with Gasteiger partial charge in [0.15, 0.2) is 0 Å². The van der Waals surface area contributed by atoms with E-state index in [0.29, 0.717) is 6.10 Å². The summed E-state index contributed by atoms with van der Waals surface area (Å²) in [5.41, 5.74) is 0. The van der Waals surface area contributed by atoms with Gasteiger partial charge in [-0.3, -0.25) is 0 Å². The molecule has 1 N–H and O–H groups in total. The van der Waals surface area contributed by atoms with Gasteiger partial charge < -0.3 is 15.0 Å². The number of nitrogens with zero attached hydrogens (tertiary/aromatic N) is 1. The number of nitrogens with one attached hydrogen (secondary N) is 1. The second-order valence-electron chi connectivity index (χ2n) is 5.08. The van der Waals surface area contributed by atoms with E-state index in [4.69, 9.17) is 4.74 Å². The number of hydrogen-bond acceptors (Lipinski definition) is 3. The molecule has 0 spiro atoms. The zero-order valence-corrected chi connectivity index (χ0v) is 10.4. The first kappa shape index (κ1) is 12.3. The van der Waals surface area contributed by atoms with Crippen LogP contribution in [0.5, 0.6) is 0 Å². The number of ether oxygens (including phenoxy) is 1. The molecule has 2 fully saturated rings. The van der Waals surface area contributed by atoms with Crippen molar-refractivity contribution < 1.29 is 4.74 Å². The van der Waals surface area contributed by atoms with Crippen LogP contribution in [0.25, 0.3) is 0 Å². The third-order valence-electron chi connectivity index (χ3n) is 3.71. The van der Waals surface area contributed by atoms with Crippen LogP contribution in [-0.4, -0.2) is 50.3 Å². The van der Waals surface area contributed by atoms with Crippen LogP contribution in [0.2, 0.25) is 0 Å². The van der Waals surface area contributed by atoms with Gasteiger partial charge in [0, 0.05) is 19.7 Å². The summed E-state index contributed by atoms with van der Waals surface area (Å²) >= 11 is 0. The molecule has 2 aliphatic heterocycles. The SMILES string of the molecule is C(CNCCN1CCCC1)CC1CCCO1. The summed E-state index contributed by atoms with van der Waals surface area (Å²) in [5, 5.41) is 3.54. The molecule has 0 aromatic carbocycles. The minimum Gasteiger partial charge on any atom is -0.378 e. The van der Waals surface area contributed by atoms with Crippen molar-refractivity contribution in [1.82, 2.24) is 10.2 Å². The molecule has 0 aromatic heterocycles. The van der Waals surface area contributed by atoms with Crippen molar-refractivity contribution in [3.63, 3.8) is 0 Å². The van der Waals surface area contributed by atoms with Gasteiger partial charge in [-0.2, -0.15) is 0 Å². The van der Waals surface area contributed by atoms with Gasteiger partial charge in [-0.15, -0.1) is 0 Å². The van der Waals surface area contributed by atoms with Crippen LogP contribution >= 0.6 is 0 Å². The normalized spacial score (nSPS) is 26.6. The molecule has 1 unspecified atom stereocenters. The van der Waals surface area contributed by atoms with Crippen LogP contribution in [0.15, 0.2) is 0 Å². The molecule has 0 aromatic rings. The van der Waals surface area contributed by atoms with E-state index >= 15 is 0 Å². The molecule has 0 saturated carbocycles. The Morgan fingerprint density at radius 1 is 1.12 bits per heavy atom. The number of rotatable bonds is 7. The molecular weight excluding hydrogens is 200 g/mol. The van der Waals surface area contributed by atoms with E-state index < -0.39 is 0 Å². The van der Waals surface area contributed by atoms with Crippen LogP contribution < -0.4 is 5.32 Å². The summed E-state index contributed by atoms with van der Waals surface area (Å²) in [6, 6.07) is 0. The lowest BCUT2D eigenvalue weighted by Gasteiger charge is -2.15. The van der Waals surface area contributed by atoms with Gasteiger partial charge in [-0.1, -0.05) is 0 Å². The number of likely N-dealkylation sites (tertiary alicyclic amines) is 1. The lowest BCUT2D eigenvalue weighted by molar-refractivity contribution is 0.102. The van der Waals surface area contributed by atoms with Crippen molar-refractivity contribution >= 4 is 0 Å². The first-order valence-corrected chi connectivity index (χ1v) is 7.00. The lowest BCUT2D eigenvalue weighted by atomic mass is 10.1. The smallest absolute Gasteiger partial charge is 0.0576 e. The van der Waals surface area contributed by atoms with Gasteiger partial charge in [0.25, 0.3) is 0 Å². The lowest BCUT2D eigenvalue weighted by Crippen LogP contribution is -2.30. The molecule has 0 radical (unpaired) electrons. The van der Waals surface area contributed by atoms with Crippen molar-refractivity contribution in [3.05, 3.63) is 0 Å². The Labute approximate surface area is 99.5 Å². The molecule has 1 atom stereocenters.